The van der Waals surface area contributed by atoms with E-state index in [1.54, 1.807) is 29.2 Å². The largest absolute Gasteiger partial charge is 0.359 e. The molecule has 9 heteroatoms. The standard InChI is InChI=1S/C29H39ClN4O4/c1-3-4-16-33(2)17-18-34-25(27(36)32-20-8-6-5-7-9-20)29-15-14-22(38-29)23(24(29)28(34)37)26(35)31-21-12-10-19(30)11-13-21/h10-15,20,22-25H,3-9,16-18H2,1-2H3,(H,31,35)(H,32,36)/t22-,23?,24-,25?,29?/m0/s1. The monoisotopic (exact) mass is 542 g/mol. The first-order valence-electron chi connectivity index (χ1n) is 14.1. The van der Waals surface area contributed by atoms with Crippen molar-refractivity contribution in [2.45, 2.75) is 75.7 Å². The number of likely N-dealkylation sites (N-methyl/N-ethyl adjacent to an activating group) is 1. The van der Waals surface area contributed by atoms with Gasteiger partial charge in [-0.25, -0.2) is 0 Å². The minimum absolute atomic E-state index is 0.113. The molecule has 3 unspecified atom stereocenters. The Morgan fingerprint density at radius 3 is 2.58 bits per heavy atom. The number of unbranched alkanes of at least 4 members (excludes halogenated alkanes) is 1. The van der Waals surface area contributed by atoms with Crippen LogP contribution in [0.3, 0.4) is 0 Å². The molecule has 3 aliphatic heterocycles. The van der Waals surface area contributed by atoms with Crippen LogP contribution in [0.1, 0.15) is 51.9 Å². The molecule has 1 aromatic rings. The van der Waals surface area contributed by atoms with E-state index in [9.17, 15) is 14.4 Å². The van der Waals surface area contributed by atoms with Crippen LogP contribution in [0.5, 0.6) is 0 Å². The SMILES string of the molecule is CCCCN(C)CCN1C(=O)[C@@H]2C(C(=O)Nc3ccc(Cl)cc3)[C@@H]3C=CC2(O3)C1C(=O)NC1CCCCC1. The summed E-state index contributed by atoms with van der Waals surface area (Å²) in [6.45, 7) is 4.14. The van der Waals surface area contributed by atoms with Crippen LogP contribution in [0.4, 0.5) is 5.69 Å². The van der Waals surface area contributed by atoms with Gasteiger partial charge in [0.25, 0.3) is 0 Å². The number of nitrogens with zero attached hydrogens (tertiary/aromatic N) is 2. The average Bonchev–Trinajstić information content (AvgIpc) is 3.55. The molecule has 2 saturated heterocycles. The number of carbonyl (C=O) groups excluding carboxylic acids is 3. The number of likely N-dealkylation sites (tertiary alicyclic amines) is 1. The van der Waals surface area contributed by atoms with Gasteiger partial charge in [0.1, 0.15) is 11.6 Å². The summed E-state index contributed by atoms with van der Waals surface area (Å²) in [5, 5.41) is 6.75. The van der Waals surface area contributed by atoms with Crippen LogP contribution >= 0.6 is 11.6 Å². The molecule has 1 aromatic carbocycles. The molecule has 1 aliphatic carbocycles. The topological polar surface area (TPSA) is 91.0 Å². The predicted octanol–water partition coefficient (Wildman–Crippen LogP) is 3.61. The number of benzene rings is 1. The van der Waals surface area contributed by atoms with Crippen molar-refractivity contribution in [3.8, 4) is 0 Å². The number of fused-ring (bicyclic) bond motifs is 1. The van der Waals surface area contributed by atoms with Gasteiger partial charge in [-0.3, -0.25) is 14.4 Å². The van der Waals surface area contributed by atoms with E-state index < -0.39 is 29.6 Å². The van der Waals surface area contributed by atoms with Gasteiger partial charge in [-0.05, 0) is 57.1 Å². The summed E-state index contributed by atoms with van der Waals surface area (Å²) < 4.78 is 6.44. The highest BCUT2D eigenvalue weighted by atomic mass is 35.5. The number of hydrogen-bond donors (Lipinski definition) is 2. The van der Waals surface area contributed by atoms with Crippen LogP contribution in [-0.4, -0.2) is 78.0 Å². The van der Waals surface area contributed by atoms with Crippen molar-refractivity contribution in [2.75, 3.05) is 32.0 Å². The molecule has 206 valence electrons. The fraction of sp³-hybridized carbons (Fsp3) is 0.621. The number of carbonyl (C=O) groups is 3. The molecule has 1 spiro atoms. The highest BCUT2D eigenvalue weighted by Gasteiger charge is 2.72. The van der Waals surface area contributed by atoms with Gasteiger partial charge in [0.05, 0.1) is 17.9 Å². The van der Waals surface area contributed by atoms with E-state index in [0.717, 1.165) is 45.1 Å². The summed E-state index contributed by atoms with van der Waals surface area (Å²) >= 11 is 6.00. The van der Waals surface area contributed by atoms with Crippen LogP contribution in [0.15, 0.2) is 36.4 Å². The Morgan fingerprint density at radius 1 is 1.13 bits per heavy atom. The zero-order chi connectivity index (χ0) is 26.9. The van der Waals surface area contributed by atoms with Gasteiger partial charge in [0, 0.05) is 29.8 Å². The zero-order valence-electron chi connectivity index (χ0n) is 22.3. The molecule has 3 amide bonds. The Morgan fingerprint density at radius 2 is 1.87 bits per heavy atom. The van der Waals surface area contributed by atoms with Gasteiger partial charge in [-0.2, -0.15) is 0 Å². The number of hydrogen-bond acceptors (Lipinski definition) is 5. The second-order valence-corrected chi connectivity index (χ2v) is 11.7. The minimum Gasteiger partial charge on any atom is -0.359 e. The van der Waals surface area contributed by atoms with Gasteiger partial charge in [0.15, 0.2) is 0 Å². The summed E-state index contributed by atoms with van der Waals surface area (Å²) in [5.41, 5.74) is -0.531. The highest BCUT2D eigenvalue weighted by Crippen LogP contribution is 2.55. The fourth-order valence-corrected chi connectivity index (χ4v) is 6.74. The van der Waals surface area contributed by atoms with Gasteiger partial charge in [-0.1, -0.05) is 56.4 Å². The first kappa shape index (κ1) is 27.2. The van der Waals surface area contributed by atoms with Crippen LogP contribution < -0.4 is 10.6 Å². The number of amides is 3. The third-order valence-electron chi connectivity index (χ3n) is 8.60. The van der Waals surface area contributed by atoms with Crippen molar-refractivity contribution in [1.82, 2.24) is 15.1 Å². The molecule has 0 radical (unpaired) electrons. The molecule has 8 nitrogen and oxygen atoms in total. The van der Waals surface area contributed by atoms with E-state index in [0.29, 0.717) is 23.8 Å². The lowest BCUT2D eigenvalue weighted by molar-refractivity contribution is -0.141. The third kappa shape index (κ3) is 5.10. The summed E-state index contributed by atoms with van der Waals surface area (Å²) in [5.74, 6) is -2.09. The molecule has 0 aromatic heterocycles. The number of rotatable bonds is 10. The van der Waals surface area contributed by atoms with E-state index in [1.165, 1.54) is 6.42 Å². The van der Waals surface area contributed by atoms with Gasteiger partial charge in [-0.15, -0.1) is 0 Å². The molecule has 5 rings (SSSR count). The van der Waals surface area contributed by atoms with Crippen LogP contribution in [0.2, 0.25) is 5.02 Å². The first-order chi connectivity index (χ1) is 18.3. The molecular formula is C29H39ClN4O4. The molecule has 2 N–H and O–H groups in total. The van der Waals surface area contributed by atoms with Gasteiger partial charge < -0.3 is 25.2 Å². The average molecular weight is 543 g/mol. The second kappa shape index (κ2) is 11.4. The maximum absolute atomic E-state index is 14.0. The Labute approximate surface area is 230 Å². The number of anilines is 1. The summed E-state index contributed by atoms with van der Waals surface area (Å²) in [6.07, 6.45) is 10.6. The lowest BCUT2D eigenvalue weighted by Crippen LogP contribution is -2.57. The smallest absolute Gasteiger partial charge is 0.246 e. The van der Waals surface area contributed by atoms with Crippen molar-refractivity contribution >= 4 is 35.0 Å². The molecule has 3 fully saturated rings. The lowest BCUT2D eigenvalue weighted by atomic mass is 9.74. The predicted molar refractivity (Wildman–Crippen MR) is 147 cm³/mol. The highest BCUT2D eigenvalue weighted by molar-refractivity contribution is 6.30. The summed E-state index contributed by atoms with van der Waals surface area (Å²) in [7, 11) is 2.04. The molecular weight excluding hydrogens is 504 g/mol. The second-order valence-electron chi connectivity index (χ2n) is 11.2. The van der Waals surface area contributed by atoms with Crippen molar-refractivity contribution in [3.63, 3.8) is 0 Å². The molecule has 1 saturated carbocycles. The molecule has 5 atom stereocenters. The maximum Gasteiger partial charge on any atom is 0.246 e. The van der Waals surface area contributed by atoms with Gasteiger partial charge >= 0.3 is 0 Å². The van der Waals surface area contributed by atoms with Crippen molar-refractivity contribution in [2.24, 2.45) is 11.8 Å². The third-order valence-corrected chi connectivity index (χ3v) is 8.86. The Hall–Kier alpha value is -2.42. The van der Waals surface area contributed by atoms with Crippen LogP contribution in [0.25, 0.3) is 0 Å². The lowest BCUT2D eigenvalue weighted by Gasteiger charge is -2.34. The number of ether oxygens (including phenoxy) is 1. The molecule has 2 bridgehead atoms. The van der Waals surface area contributed by atoms with E-state index in [4.69, 9.17) is 16.3 Å². The number of nitrogens with one attached hydrogen (secondary N) is 2. The molecule has 4 aliphatic rings. The van der Waals surface area contributed by atoms with Crippen molar-refractivity contribution in [3.05, 3.63) is 41.4 Å². The summed E-state index contributed by atoms with van der Waals surface area (Å²) in [4.78, 5) is 45.3. The van der Waals surface area contributed by atoms with E-state index in [2.05, 4.69) is 22.5 Å². The zero-order valence-corrected chi connectivity index (χ0v) is 23.1. The minimum atomic E-state index is -1.13. The van der Waals surface area contributed by atoms with Gasteiger partial charge in [0.2, 0.25) is 17.7 Å². The fourth-order valence-electron chi connectivity index (χ4n) is 6.61. The Bertz CT molecular complexity index is 1070. The van der Waals surface area contributed by atoms with Crippen LogP contribution in [0, 0.1) is 11.8 Å². The van der Waals surface area contributed by atoms with Crippen LogP contribution in [-0.2, 0) is 19.1 Å². The Balaban J connectivity index is 1.39. The van der Waals surface area contributed by atoms with Crippen molar-refractivity contribution in [1.29, 1.82) is 0 Å². The van der Waals surface area contributed by atoms with Crippen molar-refractivity contribution < 1.29 is 19.1 Å². The quantitative estimate of drug-likeness (QED) is 0.441. The maximum atomic E-state index is 14.0. The Kier molecular flexibility index (Phi) is 8.12. The van der Waals surface area contributed by atoms with E-state index in [1.807, 2.05) is 19.2 Å². The van der Waals surface area contributed by atoms with E-state index in [-0.39, 0.29) is 23.8 Å². The summed E-state index contributed by atoms with van der Waals surface area (Å²) in [6, 6.07) is 6.20. The number of halogens is 1. The molecule has 3 heterocycles. The van der Waals surface area contributed by atoms with E-state index >= 15 is 0 Å². The first-order valence-corrected chi connectivity index (χ1v) is 14.4. The normalized spacial score (nSPS) is 30.2. The molecule has 38 heavy (non-hydrogen) atoms.